The van der Waals surface area contributed by atoms with E-state index in [1.165, 1.54) is 23.3 Å². The van der Waals surface area contributed by atoms with Gasteiger partial charge in [0.25, 0.3) is 5.78 Å². The van der Waals surface area contributed by atoms with Crippen LogP contribution in [0.1, 0.15) is 56.7 Å². The molecule has 0 bridgehead atoms. The topological polar surface area (TPSA) is 107 Å². The summed E-state index contributed by atoms with van der Waals surface area (Å²) in [4.78, 5) is 33.6. The molecule has 1 aromatic heterocycles. The zero-order valence-corrected chi connectivity index (χ0v) is 26.1. The van der Waals surface area contributed by atoms with E-state index >= 15 is 0 Å². The first-order valence-electron chi connectivity index (χ1n) is 14.7. The maximum Gasteiger partial charge on any atom is 0.301 e. The molecule has 5 rings (SSSR count). The Kier molecular flexibility index (Phi) is 9.69. The molecule has 1 atom stereocenters. The smallest absolute Gasteiger partial charge is 0.301 e. The lowest BCUT2D eigenvalue weighted by atomic mass is 9.95. The number of nitrogens with zero attached hydrogens (tertiary/aromatic N) is 2. The number of unbranched alkanes of at least 4 members (excludes halogenated alkanes) is 2. The zero-order chi connectivity index (χ0) is 31.2. The lowest BCUT2D eigenvalue weighted by molar-refractivity contribution is -0.132. The Labute approximate surface area is 260 Å². The van der Waals surface area contributed by atoms with Gasteiger partial charge in [-0.15, -0.1) is 0 Å². The highest BCUT2D eigenvalue weighted by Gasteiger charge is 2.48. The van der Waals surface area contributed by atoms with Crippen molar-refractivity contribution in [3.63, 3.8) is 0 Å². The minimum Gasteiger partial charge on any atom is -0.507 e. The molecule has 0 radical (unpaired) electrons. The summed E-state index contributed by atoms with van der Waals surface area (Å²) in [6, 6.07) is 16.6. The highest BCUT2D eigenvalue weighted by Crippen LogP contribution is 2.46. The van der Waals surface area contributed by atoms with Gasteiger partial charge in [0.15, 0.2) is 16.6 Å². The van der Waals surface area contributed by atoms with Crippen LogP contribution in [-0.4, -0.2) is 49.2 Å². The molecule has 0 aliphatic carbocycles. The van der Waals surface area contributed by atoms with Gasteiger partial charge >= 0.3 is 5.91 Å². The van der Waals surface area contributed by atoms with Gasteiger partial charge in [-0.05, 0) is 60.9 Å². The number of carbonyl (C=O) groups is 2. The van der Waals surface area contributed by atoms with E-state index in [9.17, 15) is 14.7 Å². The minimum atomic E-state index is -0.985. The van der Waals surface area contributed by atoms with Crippen LogP contribution in [0.25, 0.3) is 16.0 Å². The van der Waals surface area contributed by atoms with Crippen LogP contribution >= 0.6 is 11.3 Å². The first-order chi connectivity index (χ1) is 21.4. The molecule has 1 amide bonds. The van der Waals surface area contributed by atoms with Gasteiger partial charge in [-0.3, -0.25) is 14.5 Å². The maximum absolute atomic E-state index is 13.8. The van der Waals surface area contributed by atoms with Crippen molar-refractivity contribution in [1.29, 1.82) is 0 Å². The van der Waals surface area contributed by atoms with E-state index in [-0.39, 0.29) is 11.3 Å². The van der Waals surface area contributed by atoms with Crippen LogP contribution in [0.5, 0.6) is 23.0 Å². The first kappa shape index (κ1) is 30.9. The zero-order valence-electron chi connectivity index (χ0n) is 25.3. The molecular formula is C34H36N2O7S. The molecule has 44 heavy (non-hydrogen) atoms. The molecule has 3 aromatic carbocycles. The second-order valence-electron chi connectivity index (χ2n) is 10.3. The van der Waals surface area contributed by atoms with Crippen molar-refractivity contribution in [2.24, 2.45) is 0 Å². The van der Waals surface area contributed by atoms with Crippen LogP contribution in [0.3, 0.4) is 0 Å². The van der Waals surface area contributed by atoms with Crippen LogP contribution in [0.15, 0.2) is 66.2 Å². The molecule has 0 saturated carbocycles. The second-order valence-corrected chi connectivity index (χ2v) is 11.4. The molecule has 9 nitrogen and oxygen atoms in total. The highest BCUT2D eigenvalue weighted by molar-refractivity contribution is 7.22. The van der Waals surface area contributed by atoms with Crippen molar-refractivity contribution in [3.05, 3.63) is 77.4 Å². The van der Waals surface area contributed by atoms with E-state index in [0.717, 1.165) is 30.4 Å². The van der Waals surface area contributed by atoms with E-state index in [2.05, 4.69) is 6.92 Å². The number of carbonyl (C=O) groups excluding carboxylic acids is 2. The van der Waals surface area contributed by atoms with Crippen molar-refractivity contribution in [2.45, 2.75) is 45.6 Å². The van der Waals surface area contributed by atoms with Crippen LogP contribution in [0, 0.1) is 0 Å². The first-order valence-corrected chi connectivity index (χ1v) is 15.5. The third-order valence-corrected chi connectivity index (χ3v) is 8.34. The van der Waals surface area contributed by atoms with E-state index in [1.54, 1.807) is 61.7 Å². The molecule has 1 aliphatic rings. The Morgan fingerprint density at radius 1 is 0.886 bits per heavy atom. The lowest BCUT2D eigenvalue weighted by Crippen LogP contribution is -2.29. The molecule has 0 spiro atoms. The van der Waals surface area contributed by atoms with Gasteiger partial charge in [-0.1, -0.05) is 56.2 Å². The van der Waals surface area contributed by atoms with Gasteiger partial charge in [0.1, 0.15) is 17.3 Å². The summed E-state index contributed by atoms with van der Waals surface area (Å²) in [5.41, 5.74) is 1.51. The molecule has 230 valence electrons. The van der Waals surface area contributed by atoms with Crippen LogP contribution in [0.4, 0.5) is 5.13 Å². The molecular weight excluding hydrogens is 580 g/mol. The Bertz CT molecular complexity index is 1700. The number of aliphatic hydroxyl groups is 1. The SMILES string of the molecule is CCCCCOc1ccc(C2/C(=C(\O)c3cccc(OCCC)c3)C(=O)C(=O)N2c2nc3ccc(OC)cc3s2)cc1OC. The summed E-state index contributed by atoms with van der Waals surface area (Å²) < 4.78 is 23.6. The summed E-state index contributed by atoms with van der Waals surface area (Å²) in [5.74, 6) is 0.289. The molecule has 4 aromatic rings. The number of methoxy groups -OCH3 is 2. The molecule has 1 unspecified atom stereocenters. The fourth-order valence-corrected chi connectivity index (χ4v) is 6.10. The number of hydrogen-bond donors (Lipinski definition) is 1. The number of aromatic nitrogens is 1. The number of ether oxygens (including phenoxy) is 4. The van der Waals surface area contributed by atoms with Crippen molar-refractivity contribution < 1.29 is 33.6 Å². The number of benzene rings is 3. The largest absolute Gasteiger partial charge is 0.507 e. The van der Waals surface area contributed by atoms with E-state index < -0.39 is 17.7 Å². The Morgan fingerprint density at radius 2 is 1.73 bits per heavy atom. The molecule has 1 fully saturated rings. The summed E-state index contributed by atoms with van der Waals surface area (Å²) in [5, 5.41) is 12.0. The van der Waals surface area contributed by atoms with Crippen molar-refractivity contribution in [1.82, 2.24) is 4.98 Å². The third kappa shape index (κ3) is 6.21. The number of Topliss-reactive ketones (excluding diaryl/α,β-unsaturated/α-hetero) is 1. The average molecular weight is 617 g/mol. The number of rotatable bonds is 13. The standard InChI is InChI=1S/C34H36N2O7S/c1-5-7-8-17-43-26-15-12-21(19-27(26)41-4)30-29(31(37)22-10-9-11-24(18-22)42-16-6-2)32(38)33(39)36(30)34-35-25-14-13-23(40-3)20-28(25)44-34/h9-15,18-20,30,37H,5-8,16-17H2,1-4H3/b31-29+. The lowest BCUT2D eigenvalue weighted by Gasteiger charge is -2.24. The summed E-state index contributed by atoms with van der Waals surface area (Å²) in [6.45, 7) is 5.17. The average Bonchev–Trinajstić information content (AvgIpc) is 3.59. The van der Waals surface area contributed by atoms with Gasteiger partial charge in [0, 0.05) is 5.56 Å². The number of hydrogen-bond acceptors (Lipinski definition) is 9. The summed E-state index contributed by atoms with van der Waals surface area (Å²) in [6.07, 6.45) is 3.85. The Balaban J connectivity index is 1.64. The Hall–Kier alpha value is -4.57. The fraction of sp³-hybridized carbons (Fsp3) is 0.324. The van der Waals surface area contributed by atoms with Gasteiger partial charge in [-0.25, -0.2) is 4.98 Å². The van der Waals surface area contributed by atoms with Crippen LogP contribution in [0.2, 0.25) is 0 Å². The summed E-state index contributed by atoms with van der Waals surface area (Å²) in [7, 11) is 3.12. The number of anilines is 1. The number of ketones is 1. The minimum absolute atomic E-state index is 0.0573. The predicted octanol–water partition coefficient (Wildman–Crippen LogP) is 7.30. The third-order valence-electron chi connectivity index (χ3n) is 7.32. The quantitative estimate of drug-likeness (QED) is 0.0722. The summed E-state index contributed by atoms with van der Waals surface area (Å²) >= 11 is 1.26. The molecule has 2 heterocycles. The van der Waals surface area contributed by atoms with Gasteiger partial charge < -0.3 is 24.1 Å². The van der Waals surface area contributed by atoms with Crippen molar-refractivity contribution in [2.75, 3.05) is 32.3 Å². The molecule has 10 heteroatoms. The number of fused-ring (bicyclic) bond motifs is 1. The second kappa shape index (κ2) is 13.8. The number of amides is 1. The predicted molar refractivity (Wildman–Crippen MR) is 171 cm³/mol. The molecule has 1 saturated heterocycles. The van der Waals surface area contributed by atoms with Gasteiger partial charge in [0.05, 0.1) is 49.3 Å². The monoisotopic (exact) mass is 616 g/mol. The van der Waals surface area contributed by atoms with E-state index in [4.69, 9.17) is 23.9 Å². The molecule has 1 aliphatic heterocycles. The molecule has 1 N–H and O–H groups in total. The normalized spacial score (nSPS) is 16.0. The number of aliphatic hydroxyl groups excluding tert-OH is 1. The van der Waals surface area contributed by atoms with Gasteiger partial charge in [-0.2, -0.15) is 0 Å². The van der Waals surface area contributed by atoms with E-state index in [0.29, 0.717) is 58.0 Å². The fourth-order valence-electron chi connectivity index (χ4n) is 5.08. The Morgan fingerprint density at radius 3 is 2.48 bits per heavy atom. The number of thiazole rings is 1. The van der Waals surface area contributed by atoms with Crippen molar-refractivity contribution >= 4 is 44.1 Å². The maximum atomic E-state index is 13.8. The van der Waals surface area contributed by atoms with Crippen LogP contribution in [-0.2, 0) is 9.59 Å². The van der Waals surface area contributed by atoms with Gasteiger partial charge in [0.2, 0.25) is 0 Å². The highest BCUT2D eigenvalue weighted by atomic mass is 32.1. The van der Waals surface area contributed by atoms with Crippen molar-refractivity contribution in [3.8, 4) is 23.0 Å². The van der Waals surface area contributed by atoms with E-state index in [1.807, 2.05) is 13.0 Å². The van der Waals surface area contributed by atoms with Crippen LogP contribution < -0.4 is 23.8 Å².